The zero-order valence-corrected chi connectivity index (χ0v) is 10.5. The molecule has 0 aromatic heterocycles. The second-order valence-corrected chi connectivity index (χ2v) is 4.30. The molecule has 0 amide bonds. The number of carbonyl (C=O) groups is 1. The molecule has 18 heavy (non-hydrogen) atoms. The molecule has 0 spiro atoms. The summed E-state index contributed by atoms with van der Waals surface area (Å²) in [5.41, 5.74) is 1.02. The Balaban J connectivity index is 2.17. The molecule has 1 aliphatic rings. The number of carboxylic acid groups (broad SMARTS) is 1. The van der Waals surface area contributed by atoms with Gasteiger partial charge in [-0.2, -0.15) is 0 Å². The van der Waals surface area contributed by atoms with Crippen molar-refractivity contribution in [3.05, 3.63) is 23.8 Å². The van der Waals surface area contributed by atoms with Gasteiger partial charge in [0.2, 0.25) is 0 Å². The third-order valence-electron chi connectivity index (χ3n) is 3.25. The summed E-state index contributed by atoms with van der Waals surface area (Å²) in [7, 11) is 3.18. The summed E-state index contributed by atoms with van der Waals surface area (Å²) in [5.74, 6) is 0.544. The highest BCUT2D eigenvalue weighted by Gasteiger charge is 2.29. The van der Waals surface area contributed by atoms with Crippen molar-refractivity contribution < 1.29 is 19.4 Å². The standard InChI is InChI=1S/C13H17NO4/c1-17-11-6-3-8(7-12(11)18-2)9-4-5-10(14-9)13(15)16/h3,6-7,9-10,14H,4-5H2,1-2H3,(H,15,16)/t9?,10-/m0/s1. The van der Waals surface area contributed by atoms with Crippen LogP contribution in [0.5, 0.6) is 11.5 Å². The molecule has 0 bridgehead atoms. The second kappa shape index (κ2) is 5.27. The lowest BCUT2D eigenvalue weighted by Gasteiger charge is -2.15. The molecule has 0 aliphatic carbocycles. The molecule has 1 aliphatic heterocycles. The van der Waals surface area contributed by atoms with Crippen molar-refractivity contribution in [2.24, 2.45) is 0 Å². The Morgan fingerprint density at radius 2 is 2.00 bits per heavy atom. The van der Waals surface area contributed by atoms with Crippen molar-refractivity contribution in [3.8, 4) is 11.5 Å². The highest BCUT2D eigenvalue weighted by molar-refractivity contribution is 5.74. The van der Waals surface area contributed by atoms with Gasteiger partial charge in [0.1, 0.15) is 6.04 Å². The van der Waals surface area contributed by atoms with E-state index in [0.29, 0.717) is 17.9 Å². The largest absolute Gasteiger partial charge is 0.493 e. The first-order chi connectivity index (χ1) is 8.65. The minimum Gasteiger partial charge on any atom is -0.493 e. The van der Waals surface area contributed by atoms with E-state index >= 15 is 0 Å². The molecule has 1 unspecified atom stereocenters. The summed E-state index contributed by atoms with van der Waals surface area (Å²) in [6.45, 7) is 0. The van der Waals surface area contributed by atoms with E-state index in [1.807, 2.05) is 18.2 Å². The van der Waals surface area contributed by atoms with E-state index in [1.54, 1.807) is 14.2 Å². The number of nitrogens with one attached hydrogen (secondary N) is 1. The lowest BCUT2D eigenvalue weighted by Crippen LogP contribution is -2.31. The number of benzene rings is 1. The molecule has 5 heteroatoms. The van der Waals surface area contributed by atoms with Gasteiger partial charge >= 0.3 is 5.97 Å². The number of methoxy groups -OCH3 is 2. The fourth-order valence-electron chi connectivity index (χ4n) is 2.27. The number of hydrogen-bond donors (Lipinski definition) is 2. The van der Waals surface area contributed by atoms with Crippen LogP contribution in [0.1, 0.15) is 24.4 Å². The van der Waals surface area contributed by atoms with Gasteiger partial charge in [0.25, 0.3) is 0 Å². The normalized spacial score (nSPS) is 22.8. The molecule has 0 saturated carbocycles. The maximum Gasteiger partial charge on any atom is 0.320 e. The van der Waals surface area contributed by atoms with Gasteiger partial charge < -0.3 is 14.6 Å². The van der Waals surface area contributed by atoms with Crippen molar-refractivity contribution >= 4 is 5.97 Å². The molecule has 1 heterocycles. The number of hydrogen-bond acceptors (Lipinski definition) is 4. The minimum atomic E-state index is -0.794. The Hall–Kier alpha value is -1.75. The Bertz CT molecular complexity index is 447. The van der Waals surface area contributed by atoms with Gasteiger partial charge in [-0.15, -0.1) is 0 Å². The van der Waals surface area contributed by atoms with Crippen molar-refractivity contribution in [2.75, 3.05) is 14.2 Å². The summed E-state index contributed by atoms with van der Waals surface area (Å²) in [6.07, 6.45) is 1.46. The van der Waals surface area contributed by atoms with Crippen LogP contribution in [0.2, 0.25) is 0 Å². The molecule has 1 aromatic carbocycles. The molecule has 98 valence electrons. The van der Waals surface area contributed by atoms with Crippen molar-refractivity contribution in [2.45, 2.75) is 24.9 Å². The van der Waals surface area contributed by atoms with E-state index < -0.39 is 12.0 Å². The topological polar surface area (TPSA) is 67.8 Å². The average Bonchev–Trinajstić information content (AvgIpc) is 2.87. The Kier molecular flexibility index (Phi) is 3.72. The molecule has 2 atom stereocenters. The maximum atomic E-state index is 10.9. The monoisotopic (exact) mass is 251 g/mol. The highest BCUT2D eigenvalue weighted by Crippen LogP contribution is 2.33. The van der Waals surface area contributed by atoms with Crippen LogP contribution in [-0.4, -0.2) is 31.3 Å². The number of rotatable bonds is 4. The first-order valence-electron chi connectivity index (χ1n) is 5.86. The van der Waals surface area contributed by atoms with Crippen LogP contribution in [0.3, 0.4) is 0 Å². The molecule has 2 rings (SSSR count). The van der Waals surface area contributed by atoms with Crippen molar-refractivity contribution in [3.63, 3.8) is 0 Å². The lowest BCUT2D eigenvalue weighted by atomic mass is 10.0. The van der Waals surface area contributed by atoms with Gasteiger partial charge in [-0.1, -0.05) is 6.07 Å². The van der Waals surface area contributed by atoms with Crippen molar-refractivity contribution in [1.82, 2.24) is 5.32 Å². The molecule has 2 N–H and O–H groups in total. The first-order valence-corrected chi connectivity index (χ1v) is 5.86. The van der Waals surface area contributed by atoms with E-state index in [1.165, 1.54) is 0 Å². The Morgan fingerprint density at radius 1 is 1.28 bits per heavy atom. The minimum absolute atomic E-state index is 0.0610. The van der Waals surface area contributed by atoms with Crippen LogP contribution in [0, 0.1) is 0 Å². The summed E-state index contributed by atoms with van der Waals surface area (Å²) < 4.78 is 10.4. The molecule has 1 saturated heterocycles. The van der Waals surface area contributed by atoms with E-state index in [4.69, 9.17) is 14.6 Å². The summed E-state index contributed by atoms with van der Waals surface area (Å²) >= 11 is 0. The molecular weight excluding hydrogens is 234 g/mol. The third kappa shape index (κ3) is 2.41. The smallest absolute Gasteiger partial charge is 0.320 e. The number of carboxylic acids is 1. The molecular formula is C13H17NO4. The highest BCUT2D eigenvalue weighted by atomic mass is 16.5. The number of aliphatic carboxylic acids is 1. The summed E-state index contributed by atoms with van der Waals surface area (Å²) in [6, 6.07) is 5.27. The summed E-state index contributed by atoms with van der Waals surface area (Å²) in [4.78, 5) is 10.9. The van der Waals surface area contributed by atoms with Crippen LogP contribution >= 0.6 is 0 Å². The van der Waals surface area contributed by atoms with Crippen LogP contribution in [0.25, 0.3) is 0 Å². The van der Waals surface area contributed by atoms with Crippen molar-refractivity contribution in [1.29, 1.82) is 0 Å². The average molecular weight is 251 g/mol. The SMILES string of the molecule is COc1ccc(C2CC[C@@H](C(=O)O)N2)cc1OC. The van der Waals surface area contributed by atoms with Crippen LogP contribution in [-0.2, 0) is 4.79 Å². The molecule has 0 radical (unpaired) electrons. The lowest BCUT2D eigenvalue weighted by molar-refractivity contribution is -0.139. The van der Waals surface area contributed by atoms with Gasteiger partial charge in [0, 0.05) is 6.04 Å². The molecule has 5 nitrogen and oxygen atoms in total. The van der Waals surface area contributed by atoms with Gasteiger partial charge in [-0.05, 0) is 30.5 Å². The molecule has 1 fully saturated rings. The number of ether oxygens (including phenoxy) is 2. The molecule has 1 aromatic rings. The van der Waals surface area contributed by atoms with E-state index in [-0.39, 0.29) is 6.04 Å². The van der Waals surface area contributed by atoms with Gasteiger partial charge in [0.05, 0.1) is 14.2 Å². The Morgan fingerprint density at radius 3 is 2.56 bits per heavy atom. The van der Waals surface area contributed by atoms with Crippen LogP contribution < -0.4 is 14.8 Å². The van der Waals surface area contributed by atoms with E-state index in [0.717, 1.165) is 12.0 Å². The second-order valence-electron chi connectivity index (χ2n) is 4.30. The van der Waals surface area contributed by atoms with Gasteiger partial charge in [-0.3, -0.25) is 10.1 Å². The van der Waals surface area contributed by atoms with E-state index in [2.05, 4.69) is 5.32 Å². The zero-order chi connectivity index (χ0) is 13.1. The predicted octanol–water partition coefficient (Wildman–Crippen LogP) is 1.58. The predicted molar refractivity (Wildman–Crippen MR) is 66.1 cm³/mol. The van der Waals surface area contributed by atoms with E-state index in [9.17, 15) is 4.79 Å². The summed E-state index contributed by atoms with van der Waals surface area (Å²) in [5, 5.41) is 12.1. The fraction of sp³-hybridized carbons (Fsp3) is 0.462. The maximum absolute atomic E-state index is 10.9. The third-order valence-corrected chi connectivity index (χ3v) is 3.25. The fourth-order valence-corrected chi connectivity index (χ4v) is 2.27. The van der Waals surface area contributed by atoms with Crippen LogP contribution in [0.4, 0.5) is 0 Å². The zero-order valence-electron chi connectivity index (χ0n) is 10.5. The quantitative estimate of drug-likeness (QED) is 0.850. The van der Waals surface area contributed by atoms with Gasteiger partial charge in [-0.25, -0.2) is 0 Å². The first kappa shape index (κ1) is 12.7. The van der Waals surface area contributed by atoms with Gasteiger partial charge in [0.15, 0.2) is 11.5 Å². The van der Waals surface area contributed by atoms with Crippen LogP contribution in [0.15, 0.2) is 18.2 Å². The Labute approximate surface area is 106 Å².